The van der Waals surface area contributed by atoms with E-state index in [2.05, 4.69) is 9.89 Å². The second-order valence-electron chi connectivity index (χ2n) is 5.13. The number of hydrogen-bond donors (Lipinski definition) is 1. The van der Waals surface area contributed by atoms with Crippen molar-refractivity contribution in [3.8, 4) is 0 Å². The van der Waals surface area contributed by atoms with Gasteiger partial charge in [0.2, 0.25) is 0 Å². The Hall–Kier alpha value is -0.560. The molecule has 2 rings (SSSR count). The van der Waals surface area contributed by atoms with Crippen molar-refractivity contribution in [2.75, 3.05) is 19.6 Å². The summed E-state index contributed by atoms with van der Waals surface area (Å²) in [6.07, 6.45) is 5.58. The summed E-state index contributed by atoms with van der Waals surface area (Å²) in [5, 5.41) is 0.452. The van der Waals surface area contributed by atoms with Crippen molar-refractivity contribution in [2.24, 2.45) is 10.7 Å². The molecule has 1 saturated heterocycles. The highest BCUT2D eigenvalue weighted by Crippen LogP contribution is 2.17. The normalized spacial score (nSPS) is 16.3. The van der Waals surface area contributed by atoms with E-state index in [0.29, 0.717) is 23.9 Å². The fourth-order valence-corrected chi connectivity index (χ4v) is 2.68. The second kappa shape index (κ2) is 9.46. The van der Waals surface area contributed by atoms with Crippen LogP contribution in [0.3, 0.4) is 0 Å². The second-order valence-corrected chi connectivity index (χ2v) is 5.53. The number of rotatable bonds is 3. The molecule has 1 fully saturated rings. The van der Waals surface area contributed by atoms with Gasteiger partial charge in [0, 0.05) is 24.7 Å². The summed E-state index contributed by atoms with van der Waals surface area (Å²) in [6.45, 7) is 2.56. The first-order valence-electron chi connectivity index (χ1n) is 7.15. The highest BCUT2D eigenvalue weighted by atomic mass is 127. The summed E-state index contributed by atoms with van der Waals surface area (Å²) in [7, 11) is 0. The Kier molecular flexibility index (Phi) is 8.33. The van der Waals surface area contributed by atoms with Gasteiger partial charge in [-0.15, -0.1) is 24.0 Å². The van der Waals surface area contributed by atoms with E-state index in [1.54, 1.807) is 6.07 Å². The smallest absolute Gasteiger partial charge is 0.191 e. The average Bonchev–Trinajstić information content (AvgIpc) is 2.70. The lowest BCUT2D eigenvalue weighted by atomic mass is 10.1. The molecule has 1 aliphatic rings. The third-order valence-corrected chi connectivity index (χ3v) is 3.95. The molecule has 0 aromatic heterocycles. The van der Waals surface area contributed by atoms with Crippen LogP contribution in [-0.2, 0) is 6.42 Å². The van der Waals surface area contributed by atoms with Crippen molar-refractivity contribution >= 4 is 41.5 Å². The minimum Gasteiger partial charge on any atom is -0.370 e. The van der Waals surface area contributed by atoms with E-state index in [4.69, 9.17) is 17.3 Å². The number of nitrogens with two attached hydrogens (primary N) is 1. The summed E-state index contributed by atoms with van der Waals surface area (Å²) >= 11 is 5.98. The standard InChI is InChI=1S/C15H21ClFN3.HI/c16-14-11-13(17)6-5-12(14)7-8-19-15(18)20-9-3-1-2-4-10-20;/h5-6,11H,1-4,7-10H2,(H2,18,19);1H. The fraction of sp³-hybridized carbons (Fsp3) is 0.533. The molecule has 1 aliphatic heterocycles. The summed E-state index contributed by atoms with van der Waals surface area (Å²) in [4.78, 5) is 6.57. The van der Waals surface area contributed by atoms with Crippen LogP contribution in [0.25, 0.3) is 0 Å². The minimum absolute atomic E-state index is 0. The number of aliphatic imine (C=N–C) groups is 1. The topological polar surface area (TPSA) is 41.6 Å². The molecule has 1 aromatic carbocycles. The Morgan fingerprint density at radius 3 is 2.52 bits per heavy atom. The van der Waals surface area contributed by atoms with Gasteiger partial charge in [0.1, 0.15) is 5.82 Å². The molecular weight excluding hydrogens is 404 g/mol. The molecule has 0 bridgehead atoms. The van der Waals surface area contributed by atoms with Crippen LogP contribution in [0.5, 0.6) is 0 Å². The SMILES string of the molecule is I.NC(=NCCc1ccc(F)cc1Cl)N1CCCCCC1. The van der Waals surface area contributed by atoms with Gasteiger partial charge in [0.15, 0.2) is 5.96 Å². The number of hydrogen-bond acceptors (Lipinski definition) is 1. The Balaban J connectivity index is 0.00000220. The molecular formula is C15H22ClFIN3. The van der Waals surface area contributed by atoms with Crippen LogP contribution in [0, 0.1) is 5.82 Å². The van der Waals surface area contributed by atoms with E-state index in [1.807, 2.05) is 0 Å². The molecule has 1 heterocycles. The minimum atomic E-state index is -0.314. The maximum atomic E-state index is 12.9. The van der Waals surface area contributed by atoms with Gasteiger partial charge in [0.25, 0.3) is 0 Å². The highest BCUT2D eigenvalue weighted by molar-refractivity contribution is 14.0. The van der Waals surface area contributed by atoms with Crippen LogP contribution >= 0.6 is 35.6 Å². The van der Waals surface area contributed by atoms with Crippen LogP contribution < -0.4 is 5.73 Å². The van der Waals surface area contributed by atoms with Crippen molar-refractivity contribution in [3.05, 3.63) is 34.6 Å². The number of benzene rings is 1. The van der Waals surface area contributed by atoms with E-state index in [9.17, 15) is 4.39 Å². The Labute approximate surface area is 147 Å². The first-order chi connectivity index (χ1) is 9.66. The van der Waals surface area contributed by atoms with E-state index < -0.39 is 0 Å². The van der Waals surface area contributed by atoms with Gasteiger partial charge in [-0.2, -0.15) is 0 Å². The number of likely N-dealkylation sites (tertiary alicyclic amines) is 1. The third kappa shape index (κ3) is 5.98. The van der Waals surface area contributed by atoms with E-state index >= 15 is 0 Å². The molecule has 0 unspecified atom stereocenters. The Morgan fingerprint density at radius 1 is 1.24 bits per heavy atom. The van der Waals surface area contributed by atoms with Gasteiger partial charge >= 0.3 is 0 Å². The lowest BCUT2D eigenvalue weighted by molar-refractivity contribution is 0.428. The van der Waals surface area contributed by atoms with Gasteiger partial charge in [0.05, 0.1) is 0 Å². The van der Waals surface area contributed by atoms with Gasteiger partial charge in [-0.1, -0.05) is 30.5 Å². The highest BCUT2D eigenvalue weighted by Gasteiger charge is 2.10. The first kappa shape index (κ1) is 18.5. The summed E-state index contributed by atoms with van der Waals surface area (Å²) in [5.74, 6) is 0.302. The maximum Gasteiger partial charge on any atom is 0.191 e. The van der Waals surface area contributed by atoms with Crippen molar-refractivity contribution in [3.63, 3.8) is 0 Å². The van der Waals surface area contributed by atoms with Crippen molar-refractivity contribution in [1.82, 2.24) is 4.90 Å². The summed E-state index contributed by atoms with van der Waals surface area (Å²) < 4.78 is 12.9. The largest absolute Gasteiger partial charge is 0.370 e. The third-order valence-electron chi connectivity index (χ3n) is 3.60. The van der Waals surface area contributed by atoms with Gasteiger partial charge < -0.3 is 10.6 Å². The molecule has 0 saturated carbocycles. The molecule has 0 aliphatic carbocycles. The predicted molar refractivity (Wildman–Crippen MR) is 97.1 cm³/mol. The van der Waals surface area contributed by atoms with Crippen LogP contribution in [0.2, 0.25) is 5.02 Å². The fourth-order valence-electron chi connectivity index (χ4n) is 2.42. The molecule has 0 radical (unpaired) electrons. The molecule has 0 atom stereocenters. The van der Waals surface area contributed by atoms with Crippen LogP contribution in [0.1, 0.15) is 31.2 Å². The molecule has 2 N–H and O–H groups in total. The average molecular weight is 426 g/mol. The molecule has 3 nitrogen and oxygen atoms in total. The predicted octanol–water partition coefficient (Wildman–Crippen LogP) is 3.83. The lowest BCUT2D eigenvalue weighted by Gasteiger charge is -2.21. The summed E-state index contributed by atoms with van der Waals surface area (Å²) in [5.41, 5.74) is 6.93. The van der Waals surface area contributed by atoms with E-state index in [-0.39, 0.29) is 29.8 Å². The first-order valence-corrected chi connectivity index (χ1v) is 7.53. The van der Waals surface area contributed by atoms with Crippen molar-refractivity contribution in [2.45, 2.75) is 32.1 Å². The zero-order valence-corrected chi connectivity index (χ0v) is 15.1. The lowest BCUT2D eigenvalue weighted by Crippen LogP contribution is -2.38. The monoisotopic (exact) mass is 425 g/mol. The Bertz CT molecular complexity index is 474. The quantitative estimate of drug-likeness (QED) is 0.454. The van der Waals surface area contributed by atoms with Crippen LogP contribution in [0.4, 0.5) is 4.39 Å². The number of halogens is 3. The van der Waals surface area contributed by atoms with E-state index in [0.717, 1.165) is 18.7 Å². The number of guanidine groups is 1. The molecule has 118 valence electrons. The molecule has 21 heavy (non-hydrogen) atoms. The van der Waals surface area contributed by atoms with Crippen molar-refractivity contribution in [1.29, 1.82) is 0 Å². The van der Waals surface area contributed by atoms with E-state index in [1.165, 1.54) is 37.8 Å². The Morgan fingerprint density at radius 2 is 1.90 bits per heavy atom. The van der Waals surface area contributed by atoms with Crippen molar-refractivity contribution < 1.29 is 4.39 Å². The molecule has 1 aromatic rings. The van der Waals surface area contributed by atoms with Gasteiger partial charge in [-0.25, -0.2) is 4.39 Å². The zero-order chi connectivity index (χ0) is 14.4. The van der Waals surface area contributed by atoms with Gasteiger partial charge in [-0.3, -0.25) is 4.99 Å². The van der Waals surface area contributed by atoms with Crippen LogP contribution in [0.15, 0.2) is 23.2 Å². The van der Waals surface area contributed by atoms with Crippen LogP contribution in [-0.4, -0.2) is 30.5 Å². The molecule has 6 heteroatoms. The summed E-state index contributed by atoms with van der Waals surface area (Å²) in [6, 6.07) is 4.46. The molecule has 0 spiro atoms. The zero-order valence-electron chi connectivity index (χ0n) is 12.0. The molecule has 0 amide bonds. The van der Waals surface area contributed by atoms with Gasteiger partial charge in [-0.05, 0) is 37.0 Å². The maximum absolute atomic E-state index is 12.9. The number of nitrogens with zero attached hydrogens (tertiary/aromatic N) is 2.